The van der Waals surface area contributed by atoms with E-state index >= 15 is 0 Å². The molecule has 2 aromatic rings. The van der Waals surface area contributed by atoms with Gasteiger partial charge in [0.1, 0.15) is 5.75 Å². The zero-order chi connectivity index (χ0) is 22.1. The van der Waals surface area contributed by atoms with Crippen LogP contribution in [0.5, 0.6) is 5.75 Å². The van der Waals surface area contributed by atoms with E-state index in [9.17, 15) is 18.0 Å². The molecular formula is C21H24N2O6S. The van der Waals surface area contributed by atoms with Crippen molar-refractivity contribution < 1.29 is 27.5 Å². The Bertz CT molecular complexity index is 1100. The predicted molar refractivity (Wildman–Crippen MR) is 114 cm³/mol. The summed E-state index contributed by atoms with van der Waals surface area (Å²) in [7, 11) is -2.26. The van der Waals surface area contributed by atoms with Gasteiger partial charge >= 0.3 is 5.97 Å². The highest BCUT2D eigenvalue weighted by atomic mass is 32.2. The van der Waals surface area contributed by atoms with Gasteiger partial charge in [-0.1, -0.05) is 12.1 Å². The second kappa shape index (κ2) is 8.35. The third kappa shape index (κ3) is 4.56. The Morgan fingerprint density at radius 2 is 1.90 bits per heavy atom. The number of hydrogen-bond donors (Lipinski definition) is 1. The van der Waals surface area contributed by atoms with Crippen molar-refractivity contribution in [2.24, 2.45) is 0 Å². The Morgan fingerprint density at radius 3 is 2.57 bits per heavy atom. The van der Waals surface area contributed by atoms with Gasteiger partial charge in [0.2, 0.25) is 10.0 Å². The second-order valence-electron chi connectivity index (χ2n) is 7.21. The summed E-state index contributed by atoms with van der Waals surface area (Å²) in [4.78, 5) is 24.7. The summed E-state index contributed by atoms with van der Waals surface area (Å²) >= 11 is 0. The lowest BCUT2D eigenvalue weighted by atomic mass is 10.1. The van der Waals surface area contributed by atoms with E-state index in [0.717, 1.165) is 17.4 Å². The zero-order valence-corrected chi connectivity index (χ0v) is 18.1. The molecule has 1 heterocycles. The first-order chi connectivity index (χ1) is 14.1. The van der Waals surface area contributed by atoms with Crippen LogP contribution in [0.4, 0.5) is 11.4 Å². The van der Waals surface area contributed by atoms with Crippen molar-refractivity contribution in [3.63, 3.8) is 0 Å². The van der Waals surface area contributed by atoms with E-state index in [0.29, 0.717) is 22.7 Å². The van der Waals surface area contributed by atoms with Crippen molar-refractivity contribution >= 4 is 33.3 Å². The monoisotopic (exact) mass is 432 g/mol. The first-order valence-electron chi connectivity index (χ1n) is 9.35. The van der Waals surface area contributed by atoms with Crippen molar-refractivity contribution in [2.45, 2.75) is 26.4 Å². The summed E-state index contributed by atoms with van der Waals surface area (Å²) in [6, 6.07) is 10.0. The summed E-state index contributed by atoms with van der Waals surface area (Å²) in [5.74, 6) is -0.616. The fraction of sp³-hybridized carbons (Fsp3) is 0.333. The number of ether oxygens (including phenoxy) is 2. The van der Waals surface area contributed by atoms with Crippen LogP contribution in [0.1, 0.15) is 27.9 Å². The van der Waals surface area contributed by atoms with Crippen LogP contribution >= 0.6 is 0 Å². The predicted octanol–water partition coefficient (Wildman–Crippen LogP) is 2.65. The Kier molecular flexibility index (Phi) is 6.02. The summed E-state index contributed by atoms with van der Waals surface area (Å²) in [6.45, 7) is 3.76. The molecule has 1 aliphatic heterocycles. The summed E-state index contributed by atoms with van der Waals surface area (Å²) < 4.78 is 36.4. The summed E-state index contributed by atoms with van der Waals surface area (Å²) in [5, 5.41) is 2.78. The quantitative estimate of drug-likeness (QED) is 0.746. The van der Waals surface area contributed by atoms with Crippen LogP contribution in [0.25, 0.3) is 0 Å². The fourth-order valence-corrected chi connectivity index (χ4v) is 4.17. The lowest BCUT2D eigenvalue weighted by molar-refractivity contribution is -0.122. The number of benzene rings is 2. The number of aryl methyl sites for hydroxylation is 2. The summed E-state index contributed by atoms with van der Waals surface area (Å²) in [6.07, 6.45) is 0.392. The van der Waals surface area contributed by atoms with Gasteiger partial charge in [-0.25, -0.2) is 13.2 Å². The number of rotatable bonds is 4. The van der Waals surface area contributed by atoms with Crippen LogP contribution < -0.4 is 14.4 Å². The number of sulfonamides is 1. The molecule has 2 aromatic carbocycles. The third-order valence-electron chi connectivity index (χ3n) is 4.86. The van der Waals surface area contributed by atoms with Crippen molar-refractivity contribution in [1.29, 1.82) is 0 Å². The minimum Gasteiger partial charge on any atom is -0.478 e. The van der Waals surface area contributed by atoms with Crippen LogP contribution in [0.15, 0.2) is 36.4 Å². The number of nitrogens with zero attached hydrogens (tertiary/aromatic N) is 1. The minimum absolute atomic E-state index is 0.106. The molecule has 1 aliphatic rings. The summed E-state index contributed by atoms with van der Waals surface area (Å²) in [5.41, 5.74) is 2.82. The van der Waals surface area contributed by atoms with Gasteiger partial charge < -0.3 is 14.8 Å². The van der Waals surface area contributed by atoms with E-state index in [1.54, 1.807) is 37.3 Å². The number of amides is 1. The van der Waals surface area contributed by atoms with Gasteiger partial charge in [0, 0.05) is 18.7 Å². The number of carbonyl (C=O) groups is 2. The average Bonchev–Trinajstić information content (AvgIpc) is 2.88. The lowest BCUT2D eigenvalue weighted by Gasteiger charge is -2.21. The van der Waals surface area contributed by atoms with Gasteiger partial charge in [0.05, 0.1) is 24.6 Å². The highest BCUT2D eigenvalue weighted by Crippen LogP contribution is 2.35. The molecular weight excluding hydrogens is 408 g/mol. The maximum absolute atomic E-state index is 12.9. The van der Waals surface area contributed by atoms with E-state index in [1.165, 1.54) is 17.5 Å². The highest BCUT2D eigenvalue weighted by molar-refractivity contribution is 7.92. The van der Waals surface area contributed by atoms with Gasteiger partial charge in [0.15, 0.2) is 6.10 Å². The molecule has 0 saturated carbocycles. The minimum atomic E-state index is -3.54. The Morgan fingerprint density at radius 1 is 1.17 bits per heavy atom. The maximum atomic E-state index is 12.9. The molecule has 0 aromatic heterocycles. The van der Waals surface area contributed by atoms with Crippen LogP contribution in [-0.2, 0) is 19.6 Å². The fourth-order valence-electron chi connectivity index (χ4n) is 3.23. The molecule has 9 heteroatoms. The molecule has 8 nitrogen and oxygen atoms in total. The van der Waals surface area contributed by atoms with Crippen molar-refractivity contribution in [2.75, 3.05) is 29.5 Å². The first-order valence-corrected chi connectivity index (χ1v) is 11.2. The molecule has 1 N–H and O–H groups in total. The molecule has 0 fully saturated rings. The number of carbonyl (C=O) groups excluding carboxylic acids is 2. The van der Waals surface area contributed by atoms with E-state index in [-0.39, 0.29) is 13.0 Å². The van der Waals surface area contributed by atoms with E-state index in [4.69, 9.17) is 9.47 Å². The smallest absolute Gasteiger partial charge is 0.337 e. The Hall–Kier alpha value is -3.07. The van der Waals surface area contributed by atoms with E-state index in [1.807, 2.05) is 6.92 Å². The van der Waals surface area contributed by atoms with Crippen LogP contribution in [0.3, 0.4) is 0 Å². The molecule has 0 aliphatic carbocycles. The normalized spacial score (nSPS) is 16.1. The van der Waals surface area contributed by atoms with E-state index < -0.39 is 28.0 Å². The molecule has 1 amide bonds. The lowest BCUT2D eigenvalue weighted by Crippen LogP contribution is -2.36. The number of methoxy groups -OCH3 is 1. The second-order valence-corrected chi connectivity index (χ2v) is 9.12. The topological polar surface area (TPSA) is 102 Å². The molecule has 3 rings (SSSR count). The average molecular weight is 432 g/mol. The molecule has 0 spiro atoms. The van der Waals surface area contributed by atoms with Crippen molar-refractivity contribution in [3.05, 3.63) is 53.1 Å². The molecule has 30 heavy (non-hydrogen) atoms. The van der Waals surface area contributed by atoms with Crippen LogP contribution in [-0.4, -0.2) is 46.3 Å². The van der Waals surface area contributed by atoms with Crippen LogP contribution in [0, 0.1) is 13.8 Å². The van der Waals surface area contributed by atoms with Crippen molar-refractivity contribution in [1.82, 2.24) is 0 Å². The standard InChI is InChI=1S/C21H24N2O6S/c1-13-5-8-18-17(11-13)23(30(4,26)27)10-9-19(29-18)20(24)22-16-12-15(21(25)28-3)7-6-14(16)2/h5-8,11-12,19H,9-10H2,1-4H3,(H,22,24)/t19-/m0/s1. The third-order valence-corrected chi connectivity index (χ3v) is 6.04. The first kappa shape index (κ1) is 21.6. The highest BCUT2D eigenvalue weighted by Gasteiger charge is 2.31. The zero-order valence-electron chi connectivity index (χ0n) is 17.3. The van der Waals surface area contributed by atoms with Crippen LogP contribution in [0.2, 0.25) is 0 Å². The molecule has 0 radical (unpaired) electrons. The van der Waals surface area contributed by atoms with Gasteiger partial charge in [0.25, 0.3) is 5.91 Å². The van der Waals surface area contributed by atoms with Gasteiger partial charge in [-0.05, 0) is 49.2 Å². The molecule has 1 atom stereocenters. The molecule has 0 unspecified atom stereocenters. The van der Waals surface area contributed by atoms with Gasteiger partial charge in [-0.15, -0.1) is 0 Å². The molecule has 0 saturated heterocycles. The Labute approximate surface area is 175 Å². The number of nitrogens with one attached hydrogen (secondary N) is 1. The maximum Gasteiger partial charge on any atom is 0.337 e. The molecule has 160 valence electrons. The van der Waals surface area contributed by atoms with Gasteiger partial charge in [-0.3, -0.25) is 9.10 Å². The largest absolute Gasteiger partial charge is 0.478 e. The Balaban J connectivity index is 1.88. The number of anilines is 2. The van der Waals surface area contributed by atoms with Gasteiger partial charge in [-0.2, -0.15) is 0 Å². The number of esters is 1. The number of hydrogen-bond acceptors (Lipinski definition) is 6. The van der Waals surface area contributed by atoms with Crippen molar-refractivity contribution in [3.8, 4) is 5.75 Å². The SMILES string of the molecule is COC(=O)c1ccc(C)c(NC(=O)[C@@H]2CCN(S(C)(=O)=O)c3cc(C)ccc3O2)c1. The molecule has 0 bridgehead atoms. The number of fused-ring (bicyclic) bond motifs is 1. The van der Waals surface area contributed by atoms with E-state index in [2.05, 4.69) is 5.32 Å².